The molecule has 0 aromatic heterocycles. The summed E-state index contributed by atoms with van der Waals surface area (Å²) in [6, 6.07) is 7.46. The number of ketones is 1. The van der Waals surface area contributed by atoms with Crippen molar-refractivity contribution in [2.75, 3.05) is 6.26 Å². The summed E-state index contributed by atoms with van der Waals surface area (Å²) in [6.45, 7) is 0. The first-order chi connectivity index (χ1) is 9.13. The van der Waals surface area contributed by atoms with Gasteiger partial charge in [-0.1, -0.05) is 25.0 Å². The highest BCUT2D eigenvalue weighted by molar-refractivity contribution is 7.98. The minimum absolute atomic E-state index is 0.0111. The van der Waals surface area contributed by atoms with Gasteiger partial charge < -0.3 is 5.11 Å². The lowest BCUT2D eigenvalue weighted by molar-refractivity contribution is -0.144. The third kappa shape index (κ3) is 3.18. The highest BCUT2D eigenvalue weighted by Crippen LogP contribution is 2.33. The molecule has 19 heavy (non-hydrogen) atoms. The molecule has 1 N–H and O–H groups in total. The van der Waals surface area contributed by atoms with E-state index in [-0.39, 0.29) is 11.7 Å². The second kappa shape index (κ2) is 6.24. The fourth-order valence-corrected chi connectivity index (χ4v) is 3.19. The zero-order chi connectivity index (χ0) is 13.8. The van der Waals surface area contributed by atoms with Crippen LogP contribution in [-0.4, -0.2) is 23.1 Å². The van der Waals surface area contributed by atoms with Crippen LogP contribution in [0.5, 0.6) is 0 Å². The van der Waals surface area contributed by atoms with Crippen LogP contribution >= 0.6 is 11.8 Å². The number of hydrogen-bond donors (Lipinski definition) is 1. The molecule has 0 bridgehead atoms. The van der Waals surface area contributed by atoms with E-state index in [1.54, 1.807) is 17.8 Å². The van der Waals surface area contributed by atoms with Gasteiger partial charge >= 0.3 is 5.97 Å². The molecule has 0 amide bonds. The van der Waals surface area contributed by atoms with Crippen LogP contribution in [0.1, 0.15) is 36.0 Å². The van der Waals surface area contributed by atoms with E-state index in [0.29, 0.717) is 18.4 Å². The highest BCUT2D eigenvalue weighted by Gasteiger charge is 2.35. The Morgan fingerprint density at radius 1 is 1.21 bits per heavy atom. The molecule has 102 valence electrons. The summed E-state index contributed by atoms with van der Waals surface area (Å²) in [4.78, 5) is 24.8. The van der Waals surface area contributed by atoms with Crippen molar-refractivity contribution < 1.29 is 14.7 Å². The van der Waals surface area contributed by atoms with E-state index < -0.39 is 11.9 Å². The Hall–Kier alpha value is -1.29. The Kier molecular flexibility index (Phi) is 4.64. The van der Waals surface area contributed by atoms with Gasteiger partial charge in [0.2, 0.25) is 0 Å². The summed E-state index contributed by atoms with van der Waals surface area (Å²) in [7, 11) is 0. The zero-order valence-electron chi connectivity index (χ0n) is 11.0. The SMILES string of the molecule is CSc1cccc(C(=O)C2CCCCC2C(=O)O)c1. The van der Waals surface area contributed by atoms with Crippen LogP contribution in [0.15, 0.2) is 29.2 Å². The van der Waals surface area contributed by atoms with Gasteiger partial charge in [0.05, 0.1) is 5.92 Å². The highest BCUT2D eigenvalue weighted by atomic mass is 32.2. The van der Waals surface area contributed by atoms with Gasteiger partial charge in [-0.3, -0.25) is 9.59 Å². The average Bonchev–Trinajstić information content (AvgIpc) is 2.46. The topological polar surface area (TPSA) is 54.4 Å². The normalized spacial score (nSPS) is 23.0. The van der Waals surface area contributed by atoms with Crippen LogP contribution in [0.3, 0.4) is 0 Å². The van der Waals surface area contributed by atoms with Crippen molar-refractivity contribution >= 4 is 23.5 Å². The lowest BCUT2D eigenvalue weighted by atomic mass is 9.75. The largest absolute Gasteiger partial charge is 0.481 e. The fourth-order valence-electron chi connectivity index (χ4n) is 2.73. The summed E-state index contributed by atoms with van der Waals surface area (Å²) in [6.07, 6.45) is 5.13. The van der Waals surface area contributed by atoms with Crippen molar-refractivity contribution in [1.82, 2.24) is 0 Å². The lowest BCUT2D eigenvalue weighted by Crippen LogP contribution is -2.32. The first kappa shape index (κ1) is 14.1. The quantitative estimate of drug-likeness (QED) is 0.676. The Morgan fingerprint density at radius 2 is 1.89 bits per heavy atom. The number of rotatable bonds is 4. The molecule has 2 unspecified atom stereocenters. The number of benzene rings is 1. The van der Waals surface area contributed by atoms with E-state index in [9.17, 15) is 14.7 Å². The molecule has 1 saturated carbocycles. The standard InChI is InChI=1S/C15H18O3S/c1-19-11-6-4-5-10(9-11)14(16)12-7-2-3-8-13(12)15(17)18/h4-6,9,12-13H,2-3,7-8H2,1H3,(H,17,18). The van der Waals surface area contributed by atoms with Crippen molar-refractivity contribution in [3.8, 4) is 0 Å². The predicted octanol–water partition coefficient (Wildman–Crippen LogP) is 3.48. The van der Waals surface area contributed by atoms with Gasteiger partial charge in [0, 0.05) is 16.4 Å². The third-order valence-corrected chi connectivity index (χ3v) is 4.50. The minimum atomic E-state index is -0.834. The summed E-state index contributed by atoms with van der Waals surface area (Å²) in [5, 5.41) is 9.25. The molecule has 1 aliphatic rings. The number of hydrogen-bond acceptors (Lipinski definition) is 3. The van der Waals surface area contributed by atoms with Crippen LogP contribution in [0.2, 0.25) is 0 Å². The van der Waals surface area contributed by atoms with Crippen LogP contribution in [0.25, 0.3) is 0 Å². The summed E-state index contributed by atoms with van der Waals surface area (Å²) in [5.41, 5.74) is 0.644. The van der Waals surface area contributed by atoms with E-state index in [1.807, 2.05) is 24.5 Å². The van der Waals surface area contributed by atoms with Gasteiger partial charge in [0.25, 0.3) is 0 Å². The molecule has 2 atom stereocenters. The Bertz CT molecular complexity index is 484. The van der Waals surface area contributed by atoms with Crippen molar-refractivity contribution in [3.05, 3.63) is 29.8 Å². The van der Waals surface area contributed by atoms with Gasteiger partial charge in [-0.2, -0.15) is 0 Å². The number of carbonyl (C=O) groups is 2. The molecule has 0 spiro atoms. The summed E-state index contributed by atoms with van der Waals surface area (Å²) in [5.74, 6) is -1.72. The monoisotopic (exact) mass is 278 g/mol. The Labute approximate surface area is 117 Å². The van der Waals surface area contributed by atoms with Crippen molar-refractivity contribution in [2.45, 2.75) is 30.6 Å². The Balaban J connectivity index is 2.23. The smallest absolute Gasteiger partial charge is 0.307 e. The Morgan fingerprint density at radius 3 is 2.53 bits per heavy atom. The first-order valence-corrected chi connectivity index (χ1v) is 7.77. The van der Waals surface area contributed by atoms with Crippen molar-refractivity contribution in [1.29, 1.82) is 0 Å². The van der Waals surface area contributed by atoms with Gasteiger partial charge in [-0.05, 0) is 31.2 Å². The average molecular weight is 278 g/mol. The minimum Gasteiger partial charge on any atom is -0.481 e. The van der Waals surface area contributed by atoms with Crippen LogP contribution in [-0.2, 0) is 4.79 Å². The fraction of sp³-hybridized carbons (Fsp3) is 0.467. The molecule has 3 nitrogen and oxygen atoms in total. The van der Waals surface area contributed by atoms with Crippen molar-refractivity contribution in [2.24, 2.45) is 11.8 Å². The number of carbonyl (C=O) groups excluding carboxylic acids is 1. The van der Waals surface area contributed by atoms with Gasteiger partial charge in [0.15, 0.2) is 5.78 Å². The molecule has 1 aromatic rings. The van der Waals surface area contributed by atoms with Crippen LogP contribution in [0, 0.1) is 11.8 Å². The van der Waals surface area contributed by atoms with Gasteiger partial charge in [0.1, 0.15) is 0 Å². The number of carboxylic acids is 1. The summed E-state index contributed by atoms with van der Waals surface area (Å²) >= 11 is 1.59. The van der Waals surface area contributed by atoms with Crippen LogP contribution in [0.4, 0.5) is 0 Å². The van der Waals surface area contributed by atoms with E-state index in [0.717, 1.165) is 17.7 Å². The maximum absolute atomic E-state index is 12.5. The maximum atomic E-state index is 12.5. The molecule has 1 aliphatic carbocycles. The second-order valence-corrected chi connectivity index (χ2v) is 5.81. The second-order valence-electron chi connectivity index (χ2n) is 4.93. The van der Waals surface area contributed by atoms with E-state index in [1.165, 1.54) is 0 Å². The first-order valence-electron chi connectivity index (χ1n) is 6.54. The molecule has 0 aliphatic heterocycles. The lowest BCUT2D eigenvalue weighted by Gasteiger charge is -2.27. The molecular weight excluding hydrogens is 260 g/mol. The molecule has 1 aromatic carbocycles. The molecule has 4 heteroatoms. The predicted molar refractivity (Wildman–Crippen MR) is 75.6 cm³/mol. The van der Waals surface area contributed by atoms with Gasteiger partial charge in [-0.15, -0.1) is 11.8 Å². The van der Waals surface area contributed by atoms with Crippen molar-refractivity contribution in [3.63, 3.8) is 0 Å². The van der Waals surface area contributed by atoms with Gasteiger partial charge in [-0.25, -0.2) is 0 Å². The molecule has 0 heterocycles. The number of Topliss-reactive ketones (excluding diaryl/α,β-unsaturated/α-hetero) is 1. The zero-order valence-corrected chi connectivity index (χ0v) is 11.8. The molecular formula is C15H18O3S. The molecule has 1 fully saturated rings. The third-order valence-electron chi connectivity index (χ3n) is 3.77. The van der Waals surface area contributed by atoms with E-state index >= 15 is 0 Å². The van der Waals surface area contributed by atoms with Crippen LogP contribution < -0.4 is 0 Å². The number of carboxylic acid groups (broad SMARTS) is 1. The van der Waals surface area contributed by atoms with E-state index in [4.69, 9.17) is 0 Å². The number of thioether (sulfide) groups is 1. The molecule has 0 radical (unpaired) electrons. The maximum Gasteiger partial charge on any atom is 0.307 e. The molecule has 0 saturated heterocycles. The summed E-state index contributed by atoms with van der Waals surface area (Å²) < 4.78 is 0. The number of aliphatic carboxylic acids is 1. The molecule has 2 rings (SSSR count). The van der Waals surface area contributed by atoms with E-state index in [2.05, 4.69) is 0 Å².